The molecule has 220 valence electrons. The molecule has 3 N–H and O–H groups in total. The van der Waals surface area contributed by atoms with Crippen LogP contribution in [0.5, 0.6) is 0 Å². The minimum Gasteiger partial charge on any atom is -0.480 e. The number of benzene rings is 1. The summed E-state index contributed by atoms with van der Waals surface area (Å²) in [6.45, 7) is 13.4. The number of aryl methyl sites for hydroxylation is 2. The van der Waals surface area contributed by atoms with Gasteiger partial charge in [-0.1, -0.05) is 36.4 Å². The first kappa shape index (κ1) is 31.6. The number of hydrogen-bond acceptors (Lipinski definition) is 6. The van der Waals surface area contributed by atoms with E-state index in [0.29, 0.717) is 26.1 Å². The summed E-state index contributed by atoms with van der Waals surface area (Å²) in [5, 5.41) is 16.1. The van der Waals surface area contributed by atoms with Crippen molar-refractivity contribution >= 4 is 17.7 Å². The summed E-state index contributed by atoms with van der Waals surface area (Å²) in [6, 6.07) is 12.8. The molecule has 0 saturated heterocycles. The Bertz CT molecular complexity index is 1100. The first-order chi connectivity index (χ1) is 19.0. The van der Waals surface area contributed by atoms with Gasteiger partial charge in [-0.25, -0.2) is 9.78 Å². The predicted octanol–water partition coefficient (Wildman–Crippen LogP) is 4.82. The number of carbonyl (C=O) groups is 2. The van der Waals surface area contributed by atoms with Gasteiger partial charge in [0.15, 0.2) is 0 Å². The second-order valence-corrected chi connectivity index (χ2v) is 12.2. The SMILES string of the molecule is CC(C)(C)OCCN(CCCCc1ccc2c(n1)NCCC2)CC[C@H](NC(=O)C(C)(C)c1ccccc1)C(=O)O. The number of anilines is 1. The van der Waals surface area contributed by atoms with Gasteiger partial charge < -0.3 is 25.4 Å². The third-order valence-electron chi connectivity index (χ3n) is 7.45. The molecule has 0 fully saturated rings. The van der Waals surface area contributed by atoms with Crippen molar-refractivity contribution in [3.8, 4) is 0 Å². The van der Waals surface area contributed by atoms with Gasteiger partial charge in [-0.3, -0.25) is 4.79 Å². The highest BCUT2D eigenvalue weighted by atomic mass is 16.5. The normalized spacial score (nSPS) is 14.3. The van der Waals surface area contributed by atoms with E-state index in [1.54, 1.807) is 0 Å². The van der Waals surface area contributed by atoms with Crippen LogP contribution in [0.1, 0.15) is 77.1 Å². The van der Waals surface area contributed by atoms with Crippen LogP contribution in [0.15, 0.2) is 42.5 Å². The summed E-state index contributed by atoms with van der Waals surface area (Å²) in [5.74, 6) is -0.280. The van der Waals surface area contributed by atoms with Crippen molar-refractivity contribution in [3.05, 3.63) is 59.3 Å². The molecule has 1 aliphatic heterocycles. The molecule has 2 aromatic rings. The summed E-state index contributed by atoms with van der Waals surface area (Å²) < 4.78 is 5.96. The molecule has 40 heavy (non-hydrogen) atoms. The van der Waals surface area contributed by atoms with E-state index in [0.717, 1.165) is 62.3 Å². The number of nitrogens with one attached hydrogen (secondary N) is 2. The van der Waals surface area contributed by atoms with Crippen molar-refractivity contribution < 1.29 is 19.4 Å². The van der Waals surface area contributed by atoms with Gasteiger partial charge in [-0.15, -0.1) is 0 Å². The fourth-order valence-electron chi connectivity index (χ4n) is 4.86. The molecule has 1 aromatic carbocycles. The van der Waals surface area contributed by atoms with Gasteiger partial charge in [-0.2, -0.15) is 0 Å². The van der Waals surface area contributed by atoms with Crippen LogP contribution in [0.3, 0.4) is 0 Å². The van der Waals surface area contributed by atoms with Crippen LogP contribution in [0.2, 0.25) is 0 Å². The van der Waals surface area contributed by atoms with Crippen molar-refractivity contribution in [1.29, 1.82) is 0 Å². The van der Waals surface area contributed by atoms with Crippen LogP contribution >= 0.6 is 0 Å². The molecule has 3 rings (SSSR count). The number of unbranched alkanes of at least 4 members (excludes halogenated alkanes) is 1. The van der Waals surface area contributed by atoms with E-state index in [1.807, 2.05) is 65.0 Å². The molecule has 1 amide bonds. The zero-order chi connectivity index (χ0) is 29.2. The predicted molar refractivity (Wildman–Crippen MR) is 160 cm³/mol. The molecule has 0 spiro atoms. The number of ether oxygens (including phenoxy) is 1. The Morgan fingerprint density at radius 2 is 1.80 bits per heavy atom. The lowest BCUT2D eigenvalue weighted by molar-refractivity contribution is -0.142. The first-order valence-electron chi connectivity index (χ1n) is 14.6. The number of aliphatic carboxylic acids is 1. The number of fused-ring (bicyclic) bond motifs is 1. The topological polar surface area (TPSA) is 104 Å². The first-order valence-corrected chi connectivity index (χ1v) is 14.6. The van der Waals surface area contributed by atoms with Crippen LogP contribution < -0.4 is 10.6 Å². The molecule has 0 bridgehead atoms. The Morgan fingerprint density at radius 3 is 2.50 bits per heavy atom. The zero-order valence-corrected chi connectivity index (χ0v) is 25.0. The second-order valence-electron chi connectivity index (χ2n) is 12.2. The van der Waals surface area contributed by atoms with E-state index in [9.17, 15) is 14.7 Å². The molecule has 8 nitrogen and oxygen atoms in total. The number of amides is 1. The van der Waals surface area contributed by atoms with Gasteiger partial charge in [0.25, 0.3) is 0 Å². The van der Waals surface area contributed by atoms with E-state index in [1.165, 1.54) is 5.56 Å². The Labute approximate surface area is 239 Å². The molecule has 0 radical (unpaired) electrons. The van der Waals surface area contributed by atoms with Gasteiger partial charge in [0.05, 0.1) is 17.6 Å². The highest BCUT2D eigenvalue weighted by Crippen LogP contribution is 2.24. The lowest BCUT2D eigenvalue weighted by atomic mass is 9.83. The van der Waals surface area contributed by atoms with Crippen LogP contribution in [0, 0.1) is 0 Å². The summed E-state index contributed by atoms with van der Waals surface area (Å²) in [6.07, 6.45) is 5.42. The Balaban J connectivity index is 1.55. The highest BCUT2D eigenvalue weighted by Gasteiger charge is 2.33. The van der Waals surface area contributed by atoms with Gasteiger partial charge in [0.1, 0.15) is 11.9 Å². The minimum atomic E-state index is -1.02. The number of pyridine rings is 1. The molecule has 1 aromatic heterocycles. The van der Waals surface area contributed by atoms with E-state index >= 15 is 0 Å². The monoisotopic (exact) mass is 552 g/mol. The zero-order valence-electron chi connectivity index (χ0n) is 25.0. The van der Waals surface area contributed by atoms with Gasteiger partial charge in [0, 0.05) is 25.3 Å². The molecule has 0 unspecified atom stereocenters. The lowest BCUT2D eigenvalue weighted by Gasteiger charge is -2.29. The van der Waals surface area contributed by atoms with E-state index in [-0.39, 0.29) is 11.5 Å². The maximum atomic E-state index is 13.1. The summed E-state index contributed by atoms with van der Waals surface area (Å²) in [5.41, 5.74) is 2.17. The number of rotatable bonds is 15. The fraction of sp³-hybridized carbons (Fsp3) is 0.594. The van der Waals surface area contributed by atoms with E-state index < -0.39 is 17.4 Å². The average molecular weight is 553 g/mol. The van der Waals surface area contributed by atoms with Crippen molar-refractivity contribution in [2.75, 3.05) is 38.1 Å². The standard InChI is InChI=1S/C32H48N4O4/c1-31(2,3)40-23-22-36(20-10-9-15-26-17-16-24-12-11-19-33-28(24)34-26)21-18-27(29(37)38)35-30(39)32(4,5)25-13-7-6-8-14-25/h6-8,13-14,16-17,27H,9-12,15,18-23H2,1-5H3,(H,33,34)(H,35,39)(H,37,38)/t27-/m0/s1. The highest BCUT2D eigenvalue weighted by molar-refractivity contribution is 5.90. The fourth-order valence-corrected chi connectivity index (χ4v) is 4.86. The van der Waals surface area contributed by atoms with Gasteiger partial charge in [-0.05, 0) is 96.9 Å². The van der Waals surface area contributed by atoms with Crippen molar-refractivity contribution in [2.45, 2.75) is 90.2 Å². The van der Waals surface area contributed by atoms with Crippen LogP contribution in [-0.2, 0) is 32.6 Å². The quantitative estimate of drug-likeness (QED) is 0.272. The van der Waals surface area contributed by atoms with Crippen molar-refractivity contribution in [3.63, 3.8) is 0 Å². The number of aromatic nitrogens is 1. The second kappa shape index (κ2) is 14.6. The molecule has 1 atom stereocenters. The van der Waals surface area contributed by atoms with Crippen molar-refractivity contribution in [2.24, 2.45) is 0 Å². The molecular weight excluding hydrogens is 504 g/mol. The number of hydrogen-bond donors (Lipinski definition) is 3. The Hall–Kier alpha value is -2.97. The molecule has 2 heterocycles. The average Bonchev–Trinajstić information content (AvgIpc) is 2.92. The molecule has 0 saturated carbocycles. The van der Waals surface area contributed by atoms with Gasteiger partial charge in [0.2, 0.25) is 5.91 Å². The third-order valence-corrected chi connectivity index (χ3v) is 7.45. The molecule has 1 aliphatic rings. The molecular formula is C32H48N4O4. The van der Waals surface area contributed by atoms with Crippen molar-refractivity contribution in [1.82, 2.24) is 15.2 Å². The summed E-state index contributed by atoms with van der Waals surface area (Å²) in [4.78, 5) is 32.3. The smallest absolute Gasteiger partial charge is 0.326 e. The summed E-state index contributed by atoms with van der Waals surface area (Å²) >= 11 is 0. The van der Waals surface area contributed by atoms with E-state index in [2.05, 4.69) is 27.7 Å². The van der Waals surface area contributed by atoms with Crippen LogP contribution in [0.4, 0.5) is 5.82 Å². The Kier molecular flexibility index (Phi) is 11.5. The number of nitrogens with zero attached hydrogens (tertiary/aromatic N) is 2. The maximum absolute atomic E-state index is 13.1. The maximum Gasteiger partial charge on any atom is 0.326 e. The Morgan fingerprint density at radius 1 is 1.05 bits per heavy atom. The summed E-state index contributed by atoms with van der Waals surface area (Å²) in [7, 11) is 0. The number of carbonyl (C=O) groups excluding carboxylic acids is 1. The number of carboxylic acids is 1. The van der Waals surface area contributed by atoms with Crippen LogP contribution in [0.25, 0.3) is 0 Å². The van der Waals surface area contributed by atoms with E-state index in [4.69, 9.17) is 9.72 Å². The minimum absolute atomic E-state index is 0.238. The van der Waals surface area contributed by atoms with Crippen LogP contribution in [-0.4, -0.2) is 71.3 Å². The largest absolute Gasteiger partial charge is 0.480 e. The lowest BCUT2D eigenvalue weighted by Crippen LogP contribution is -2.49. The van der Waals surface area contributed by atoms with Gasteiger partial charge >= 0.3 is 5.97 Å². The number of carboxylic acid groups (broad SMARTS) is 1. The molecule has 8 heteroatoms. The molecule has 0 aliphatic carbocycles. The third kappa shape index (κ3) is 9.89.